The second-order valence-electron chi connectivity index (χ2n) is 2.95. The number of ether oxygens (including phenoxy) is 1. The molecule has 0 fully saturated rings. The van der Waals surface area contributed by atoms with Gasteiger partial charge in [-0.15, -0.1) is 0 Å². The van der Waals surface area contributed by atoms with Crippen molar-refractivity contribution in [1.29, 1.82) is 0 Å². The summed E-state index contributed by atoms with van der Waals surface area (Å²) in [4.78, 5) is 0. The lowest BCUT2D eigenvalue weighted by Gasteiger charge is -2.34. The smallest absolute Gasteiger partial charge is 0.340 e. The van der Waals surface area contributed by atoms with Gasteiger partial charge in [-0.1, -0.05) is 0 Å². The summed E-state index contributed by atoms with van der Waals surface area (Å²) in [6.45, 7) is 1.64. The Hall–Kier alpha value is -0.780. The van der Waals surface area contributed by atoms with Crippen molar-refractivity contribution < 1.29 is 53.7 Å². The third-order valence-electron chi connectivity index (χ3n) is 1.40. The fourth-order valence-electron chi connectivity index (χ4n) is 0.621. The van der Waals surface area contributed by atoms with Crippen LogP contribution in [0.5, 0.6) is 0 Å². The number of aliphatic hydroxyl groups is 1. The van der Waals surface area contributed by atoms with Crippen LogP contribution in [-0.4, -0.2) is 35.3 Å². The third-order valence-corrected chi connectivity index (χ3v) is 1.40. The number of hydrogen-bond donors (Lipinski definition) is 1. The van der Waals surface area contributed by atoms with E-state index in [0.29, 0.717) is 0 Å². The molecule has 0 aromatic rings. The highest BCUT2D eigenvalue weighted by Gasteiger charge is 2.83. The number of halogens is 10. The molecule has 0 aliphatic heterocycles. The number of rotatable bonds is 4. The summed E-state index contributed by atoms with van der Waals surface area (Å²) in [5.74, 6) is -14.4. The highest BCUT2D eigenvalue weighted by Crippen LogP contribution is 2.54. The molecule has 109 valence electrons. The Labute approximate surface area is 92.1 Å². The van der Waals surface area contributed by atoms with Crippen LogP contribution in [-0.2, 0) is 4.74 Å². The zero-order valence-electron chi connectivity index (χ0n) is 7.84. The molecule has 0 bridgehead atoms. The fourth-order valence-corrected chi connectivity index (χ4v) is 0.621. The minimum atomic E-state index is -7.23. The zero-order valence-corrected chi connectivity index (χ0v) is 7.84. The van der Waals surface area contributed by atoms with Gasteiger partial charge in [-0.25, -0.2) is 0 Å². The Morgan fingerprint density at radius 2 is 1.06 bits per heavy atom. The molecule has 1 radical (unpaired) electrons. The standard InChI is InChI=1S/C6H3F10O2/c1-2(7,17)18-6(15,16)4(10,11)3(8,9)5(12,13)14/h17H,1H2. The predicted molar refractivity (Wildman–Crippen MR) is 33.4 cm³/mol. The molecule has 12 heteroatoms. The van der Waals surface area contributed by atoms with E-state index in [4.69, 9.17) is 5.11 Å². The number of hydrogen-bond acceptors (Lipinski definition) is 2. The summed E-state index contributed by atoms with van der Waals surface area (Å²) in [7, 11) is 0. The molecule has 0 aromatic carbocycles. The van der Waals surface area contributed by atoms with Crippen LogP contribution in [0, 0.1) is 6.92 Å². The summed E-state index contributed by atoms with van der Waals surface area (Å²) < 4.78 is 122. The maximum Gasteiger partial charge on any atom is 0.460 e. The van der Waals surface area contributed by atoms with Gasteiger partial charge in [0.15, 0.2) is 0 Å². The van der Waals surface area contributed by atoms with Gasteiger partial charge in [-0.05, 0) is 0 Å². The summed E-state index contributed by atoms with van der Waals surface area (Å²) in [6.07, 6.45) is -13.7. The average Bonchev–Trinajstić information content (AvgIpc) is 1.95. The molecule has 1 atom stereocenters. The Kier molecular flexibility index (Phi) is 3.94. The first-order valence-corrected chi connectivity index (χ1v) is 3.63. The van der Waals surface area contributed by atoms with E-state index < -0.39 is 30.2 Å². The van der Waals surface area contributed by atoms with Crippen molar-refractivity contribution in [2.45, 2.75) is 30.2 Å². The second kappa shape index (κ2) is 4.11. The van der Waals surface area contributed by atoms with Crippen LogP contribution in [0.1, 0.15) is 0 Å². The van der Waals surface area contributed by atoms with Crippen LogP contribution in [0.15, 0.2) is 0 Å². The largest absolute Gasteiger partial charge is 0.460 e. The fraction of sp³-hybridized carbons (Fsp3) is 0.833. The summed E-state index contributed by atoms with van der Waals surface area (Å²) in [6, 6.07) is -4.80. The number of alkyl halides is 10. The van der Waals surface area contributed by atoms with Gasteiger partial charge < -0.3 is 5.11 Å². The summed E-state index contributed by atoms with van der Waals surface area (Å²) in [5, 5.41) is 7.85. The lowest BCUT2D eigenvalue weighted by Crippen LogP contribution is -2.63. The lowest BCUT2D eigenvalue weighted by atomic mass is 10.1. The van der Waals surface area contributed by atoms with Crippen molar-refractivity contribution in [2.24, 2.45) is 0 Å². The van der Waals surface area contributed by atoms with Crippen LogP contribution in [0.3, 0.4) is 0 Å². The zero-order chi connectivity index (χ0) is 15.2. The van der Waals surface area contributed by atoms with Crippen LogP contribution < -0.4 is 0 Å². The molecule has 2 nitrogen and oxygen atoms in total. The Morgan fingerprint density at radius 1 is 0.722 bits per heavy atom. The van der Waals surface area contributed by atoms with Gasteiger partial charge in [0.1, 0.15) is 0 Å². The quantitative estimate of drug-likeness (QED) is 0.638. The molecule has 0 aliphatic rings. The van der Waals surface area contributed by atoms with Crippen molar-refractivity contribution in [1.82, 2.24) is 0 Å². The molecular formula is C6H3F10O2. The van der Waals surface area contributed by atoms with Crippen LogP contribution in [0.25, 0.3) is 0 Å². The molecule has 0 aliphatic carbocycles. The van der Waals surface area contributed by atoms with Crippen LogP contribution in [0.4, 0.5) is 43.9 Å². The SMILES string of the molecule is [CH2]C(O)(F)OC(F)(F)C(F)(F)C(F)(F)C(F)(F)F. The van der Waals surface area contributed by atoms with Gasteiger partial charge in [0.25, 0.3) is 0 Å². The average molecular weight is 297 g/mol. The molecule has 0 aromatic heterocycles. The maximum absolute atomic E-state index is 12.4. The van der Waals surface area contributed by atoms with Crippen molar-refractivity contribution >= 4 is 0 Å². The van der Waals surface area contributed by atoms with Gasteiger partial charge in [0.2, 0.25) is 0 Å². The van der Waals surface area contributed by atoms with Crippen molar-refractivity contribution in [3.05, 3.63) is 6.92 Å². The highest BCUT2D eigenvalue weighted by molar-refractivity contribution is 4.97. The molecule has 0 amide bonds. The minimum Gasteiger partial charge on any atom is -0.340 e. The predicted octanol–water partition coefficient (Wildman–Crippen LogP) is 2.88. The Balaban J connectivity index is 5.50. The van der Waals surface area contributed by atoms with E-state index >= 15 is 0 Å². The molecule has 1 unspecified atom stereocenters. The molecule has 0 heterocycles. The molecular weight excluding hydrogens is 294 g/mol. The van der Waals surface area contributed by atoms with E-state index in [2.05, 4.69) is 4.74 Å². The first kappa shape index (κ1) is 17.2. The van der Waals surface area contributed by atoms with Gasteiger partial charge in [-0.3, -0.25) is 4.74 Å². The van der Waals surface area contributed by atoms with E-state index in [-0.39, 0.29) is 0 Å². The third kappa shape index (κ3) is 2.96. The minimum absolute atomic E-state index is 1.64. The first-order chi connectivity index (χ1) is 7.46. The molecule has 0 rings (SSSR count). The Morgan fingerprint density at radius 3 is 1.28 bits per heavy atom. The van der Waals surface area contributed by atoms with Crippen LogP contribution in [0.2, 0.25) is 0 Å². The highest BCUT2D eigenvalue weighted by atomic mass is 19.4. The van der Waals surface area contributed by atoms with Gasteiger partial charge in [-0.2, -0.15) is 43.9 Å². The van der Waals surface area contributed by atoms with Crippen molar-refractivity contribution in [3.8, 4) is 0 Å². The molecule has 0 spiro atoms. The lowest BCUT2D eigenvalue weighted by molar-refractivity contribution is -0.483. The van der Waals surface area contributed by atoms with Gasteiger partial charge >= 0.3 is 30.2 Å². The van der Waals surface area contributed by atoms with E-state index in [1.807, 2.05) is 0 Å². The van der Waals surface area contributed by atoms with Gasteiger partial charge in [0.05, 0.1) is 0 Å². The topological polar surface area (TPSA) is 29.5 Å². The normalized spacial score (nSPS) is 18.7. The van der Waals surface area contributed by atoms with Gasteiger partial charge in [0, 0.05) is 6.92 Å². The monoisotopic (exact) mass is 297 g/mol. The summed E-state index contributed by atoms with van der Waals surface area (Å²) >= 11 is 0. The first-order valence-electron chi connectivity index (χ1n) is 3.63. The second-order valence-corrected chi connectivity index (χ2v) is 2.95. The van der Waals surface area contributed by atoms with Crippen LogP contribution >= 0.6 is 0 Å². The summed E-state index contributed by atoms with van der Waals surface area (Å²) in [5.41, 5.74) is 0. The van der Waals surface area contributed by atoms with Crippen molar-refractivity contribution in [3.63, 3.8) is 0 Å². The van der Waals surface area contributed by atoms with Crippen molar-refractivity contribution in [2.75, 3.05) is 0 Å². The van der Waals surface area contributed by atoms with E-state index in [1.54, 1.807) is 6.92 Å². The van der Waals surface area contributed by atoms with E-state index in [0.717, 1.165) is 0 Å². The molecule has 0 saturated carbocycles. The van der Waals surface area contributed by atoms with E-state index in [1.165, 1.54) is 0 Å². The molecule has 18 heavy (non-hydrogen) atoms. The molecule has 0 saturated heterocycles. The Bertz CT molecular complexity index is 300. The molecule has 1 N–H and O–H groups in total. The maximum atomic E-state index is 12.4. The van der Waals surface area contributed by atoms with E-state index in [9.17, 15) is 43.9 Å².